The first-order valence-corrected chi connectivity index (χ1v) is 9.69. The van der Waals surface area contributed by atoms with Crippen LogP contribution >= 0.6 is 0 Å². The van der Waals surface area contributed by atoms with Crippen LogP contribution in [0.1, 0.15) is 24.2 Å². The number of imidazole rings is 1. The third-order valence-corrected chi connectivity index (χ3v) is 6.04. The van der Waals surface area contributed by atoms with Gasteiger partial charge in [-0.05, 0) is 32.0 Å². The molecule has 1 fully saturated rings. The van der Waals surface area contributed by atoms with Crippen molar-refractivity contribution in [2.75, 3.05) is 26.2 Å². The molecule has 1 amide bonds. The van der Waals surface area contributed by atoms with Gasteiger partial charge in [-0.1, -0.05) is 0 Å². The van der Waals surface area contributed by atoms with Crippen LogP contribution in [0.15, 0.2) is 24.5 Å². The van der Waals surface area contributed by atoms with Crippen molar-refractivity contribution in [3.05, 3.63) is 30.1 Å². The van der Waals surface area contributed by atoms with Gasteiger partial charge in [0.2, 0.25) is 0 Å². The highest BCUT2D eigenvalue weighted by molar-refractivity contribution is 7.87. The molecule has 1 aliphatic heterocycles. The first kappa shape index (κ1) is 17.8. The van der Waals surface area contributed by atoms with Gasteiger partial charge in [0.15, 0.2) is 0 Å². The number of nitrogens with one attached hydrogen (secondary N) is 1. The number of rotatable bonds is 4. The number of nitrogens with zero attached hydrogens (tertiary/aromatic N) is 4. The second-order valence-electron chi connectivity index (χ2n) is 6.53. The fourth-order valence-electron chi connectivity index (χ4n) is 2.96. The molecule has 3 rings (SSSR count). The second kappa shape index (κ2) is 6.74. The summed E-state index contributed by atoms with van der Waals surface area (Å²) in [6.45, 7) is 4.89. The Kier molecular flexibility index (Phi) is 4.81. The van der Waals surface area contributed by atoms with Crippen LogP contribution in [0.25, 0.3) is 11.0 Å². The van der Waals surface area contributed by atoms with Crippen LogP contribution in [0.5, 0.6) is 0 Å². The van der Waals surface area contributed by atoms with E-state index in [4.69, 9.17) is 0 Å². The van der Waals surface area contributed by atoms with Gasteiger partial charge < -0.3 is 9.47 Å². The van der Waals surface area contributed by atoms with Gasteiger partial charge >= 0.3 is 0 Å². The smallest absolute Gasteiger partial charge is 0.279 e. The lowest BCUT2D eigenvalue weighted by molar-refractivity contribution is 0.0697. The first-order valence-electron chi connectivity index (χ1n) is 8.25. The van der Waals surface area contributed by atoms with Gasteiger partial charge in [0.05, 0.1) is 17.4 Å². The Labute approximate surface area is 147 Å². The average molecular weight is 365 g/mol. The zero-order chi connectivity index (χ0) is 18.2. The van der Waals surface area contributed by atoms with Crippen molar-refractivity contribution in [3.8, 4) is 0 Å². The number of carbonyl (C=O) groups excluding carboxylic acids is 1. The molecule has 0 atom stereocenters. The SMILES string of the molecule is CC(C)NS(=O)(=O)N1CCN(C(=O)c2ccc3c(c2)ncn3C)CC1. The summed E-state index contributed by atoms with van der Waals surface area (Å²) in [5.41, 5.74) is 2.31. The van der Waals surface area contributed by atoms with E-state index < -0.39 is 10.2 Å². The van der Waals surface area contributed by atoms with E-state index in [9.17, 15) is 13.2 Å². The topological polar surface area (TPSA) is 87.5 Å². The molecule has 1 aromatic carbocycles. The van der Waals surface area contributed by atoms with Crippen LogP contribution < -0.4 is 4.72 Å². The number of benzene rings is 1. The Hall–Kier alpha value is -1.97. The molecule has 1 aromatic heterocycles. The summed E-state index contributed by atoms with van der Waals surface area (Å²) in [7, 11) is -1.59. The Morgan fingerprint density at radius 1 is 1.20 bits per heavy atom. The van der Waals surface area contributed by atoms with Crippen molar-refractivity contribution >= 4 is 27.1 Å². The molecule has 1 aliphatic rings. The van der Waals surface area contributed by atoms with E-state index in [0.717, 1.165) is 11.0 Å². The summed E-state index contributed by atoms with van der Waals surface area (Å²) in [5, 5.41) is 0. The van der Waals surface area contributed by atoms with Crippen molar-refractivity contribution in [2.24, 2.45) is 7.05 Å². The molecule has 136 valence electrons. The number of piperazine rings is 1. The maximum Gasteiger partial charge on any atom is 0.279 e. The number of amides is 1. The monoisotopic (exact) mass is 365 g/mol. The van der Waals surface area contributed by atoms with Crippen LogP contribution in [0.4, 0.5) is 0 Å². The van der Waals surface area contributed by atoms with E-state index in [2.05, 4.69) is 9.71 Å². The summed E-state index contributed by atoms with van der Waals surface area (Å²) in [5.74, 6) is -0.0959. The molecule has 2 aromatic rings. The molecule has 2 heterocycles. The Balaban J connectivity index is 1.68. The molecule has 8 nitrogen and oxygen atoms in total. The minimum absolute atomic E-state index is 0.0959. The number of aromatic nitrogens is 2. The third-order valence-electron chi connectivity index (χ3n) is 4.22. The number of hydrogen-bond donors (Lipinski definition) is 1. The van der Waals surface area contributed by atoms with Crippen LogP contribution in [-0.2, 0) is 17.3 Å². The van der Waals surface area contributed by atoms with Crippen LogP contribution in [-0.4, -0.2) is 65.3 Å². The molecule has 0 aliphatic carbocycles. The zero-order valence-corrected chi connectivity index (χ0v) is 15.5. The summed E-state index contributed by atoms with van der Waals surface area (Å²) >= 11 is 0. The highest BCUT2D eigenvalue weighted by Gasteiger charge is 2.29. The molecule has 9 heteroatoms. The highest BCUT2D eigenvalue weighted by atomic mass is 32.2. The van der Waals surface area contributed by atoms with E-state index in [1.54, 1.807) is 37.2 Å². The largest absolute Gasteiger partial charge is 0.336 e. The lowest BCUT2D eigenvalue weighted by Gasteiger charge is -2.34. The van der Waals surface area contributed by atoms with Crippen molar-refractivity contribution in [3.63, 3.8) is 0 Å². The van der Waals surface area contributed by atoms with E-state index in [1.807, 2.05) is 17.7 Å². The average Bonchev–Trinajstić information content (AvgIpc) is 2.94. The van der Waals surface area contributed by atoms with Crippen molar-refractivity contribution in [2.45, 2.75) is 19.9 Å². The fourth-order valence-corrected chi connectivity index (χ4v) is 4.34. The zero-order valence-electron chi connectivity index (χ0n) is 14.6. The number of fused-ring (bicyclic) bond motifs is 1. The predicted molar refractivity (Wildman–Crippen MR) is 95.4 cm³/mol. The van der Waals surface area contributed by atoms with Gasteiger partial charge in [0, 0.05) is 44.8 Å². The summed E-state index contributed by atoms with van der Waals surface area (Å²) in [4.78, 5) is 18.7. The Morgan fingerprint density at radius 2 is 1.88 bits per heavy atom. The molecule has 1 saturated heterocycles. The normalized spacial score (nSPS) is 16.7. The second-order valence-corrected chi connectivity index (χ2v) is 8.23. The van der Waals surface area contributed by atoms with Crippen LogP contribution in [0.2, 0.25) is 0 Å². The molecule has 0 radical (unpaired) electrons. The van der Waals surface area contributed by atoms with E-state index in [-0.39, 0.29) is 11.9 Å². The van der Waals surface area contributed by atoms with Crippen molar-refractivity contribution < 1.29 is 13.2 Å². The van der Waals surface area contributed by atoms with Gasteiger partial charge in [-0.25, -0.2) is 4.98 Å². The van der Waals surface area contributed by atoms with Crippen molar-refractivity contribution in [1.82, 2.24) is 23.5 Å². The molecule has 25 heavy (non-hydrogen) atoms. The van der Waals surface area contributed by atoms with E-state index in [1.165, 1.54) is 4.31 Å². The standard InChI is InChI=1S/C16H23N5O3S/c1-12(2)18-25(23,24)21-8-6-20(7-9-21)16(22)13-4-5-15-14(10-13)17-11-19(15)3/h4-5,10-12,18H,6-9H2,1-3H3. The molecular weight excluding hydrogens is 342 g/mol. The van der Waals surface area contributed by atoms with Gasteiger partial charge in [-0.2, -0.15) is 17.4 Å². The number of carbonyl (C=O) groups is 1. The first-order chi connectivity index (χ1) is 11.8. The minimum atomic E-state index is -3.49. The van der Waals surface area contributed by atoms with Crippen LogP contribution in [0.3, 0.4) is 0 Å². The predicted octanol–water partition coefficient (Wildman–Crippen LogP) is 0.574. The minimum Gasteiger partial charge on any atom is -0.336 e. The molecule has 0 spiro atoms. The summed E-state index contributed by atoms with van der Waals surface area (Å²) < 4.78 is 30.2. The lowest BCUT2D eigenvalue weighted by atomic mass is 10.1. The van der Waals surface area contributed by atoms with Crippen LogP contribution in [0, 0.1) is 0 Å². The Bertz CT molecular complexity index is 882. The molecule has 0 unspecified atom stereocenters. The van der Waals surface area contributed by atoms with Crippen molar-refractivity contribution in [1.29, 1.82) is 0 Å². The number of hydrogen-bond acceptors (Lipinski definition) is 4. The quantitative estimate of drug-likeness (QED) is 0.858. The van der Waals surface area contributed by atoms with E-state index in [0.29, 0.717) is 31.7 Å². The third kappa shape index (κ3) is 3.68. The molecular formula is C16H23N5O3S. The van der Waals surface area contributed by atoms with Gasteiger partial charge in [0.25, 0.3) is 16.1 Å². The highest BCUT2D eigenvalue weighted by Crippen LogP contribution is 2.17. The number of aryl methyl sites for hydroxylation is 1. The van der Waals surface area contributed by atoms with E-state index >= 15 is 0 Å². The molecule has 0 bridgehead atoms. The maximum absolute atomic E-state index is 12.7. The maximum atomic E-state index is 12.7. The van der Waals surface area contributed by atoms with Gasteiger partial charge in [-0.3, -0.25) is 4.79 Å². The van der Waals surface area contributed by atoms with Gasteiger partial charge in [0.1, 0.15) is 0 Å². The Morgan fingerprint density at radius 3 is 2.52 bits per heavy atom. The summed E-state index contributed by atoms with van der Waals surface area (Å²) in [6.07, 6.45) is 1.71. The van der Waals surface area contributed by atoms with Gasteiger partial charge in [-0.15, -0.1) is 0 Å². The lowest BCUT2D eigenvalue weighted by Crippen LogP contribution is -2.54. The molecule has 0 saturated carbocycles. The fraction of sp³-hybridized carbons (Fsp3) is 0.500. The summed E-state index contributed by atoms with van der Waals surface area (Å²) in [6, 6.07) is 5.29. The molecule has 1 N–H and O–H groups in total.